The maximum Gasteiger partial charge on any atom is 0.224 e. The molecule has 3 nitrogen and oxygen atoms in total. The van der Waals surface area contributed by atoms with Gasteiger partial charge in [0.05, 0.1) is 0 Å². The molecule has 1 fully saturated rings. The molecule has 0 bridgehead atoms. The summed E-state index contributed by atoms with van der Waals surface area (Å²) in [6, 6.07) is 5.92. The first-order chi connectivity index (χ1) is 8.15. The van der Waals surface area contributed by atoms with Gasteiger partial charge in [0.25, 0.3) is 0 Å². The van der Waals surface area contributed by atoms with E-state index in [9.17, 15) is 9.18 Å². The van der Waals surface area contributed by atoms with Gasteiger partial charge in [-0.2, -0.15) is 0 Å². The number of nitrogens with one attached hydrogen (secondary N) is 1. The Kier molecular flexibility index (Phi) is 5.56. The third kappa shape index (κ3) is 3.96. The van der Waals surface area contributed by atoms with Crippen molar-refractivity contribution in [2.75, 3.05) is 5.32 Å². The number of hydrogen-bond donors (Lipinski definition) is 2. The summed E-state index contributed by atoms with van der Waals surface area (Å²) in [6.45, 7) is 0. The molecule has 0 aromatic heterocycles. The minimum absolute atomic E-state index is 0. The second-order valence-electron chi connectivity index (χ2n) is 4.61. The minimum atomic E-state index is -0.305. The number of halogens is 2. The van der Waals surface area contributed by atoms with Gasteiger partial charge in [-0.3, -0.25) is 4.79 Å². The smallest absolute Gasteiger partial charge is 0.224 e. The van der Waals surface area contributed by atoms with E-state index in [-0.39, 0.29) is 36.1 Å². The van der Waals surface area contributed by atoms with Crippen LogP contribution < -0.4 is 11.1 Å². The molecule has 1 aromatic carbocycles. The molecule has 3 N–H and O–H groups in total. The first kappa shape index (κ1) is 14.9. The fraction of sp³-hybridized carbons (Fsp3) is 0.462. The van der Waals surface area contributed by atoms with Crippen molar-refractivity contribution in [1.82, 2.24) is 0 Å². The van der Waals surface area contributed by atoms with Crippen LogP contribution in [-0.2, 0) is 4.79 Å². The predicted octanol–water partition coefficient (Wildman–Crippen LogP) is 2.70. The maximum absolute atomic E-state index is 12.7. The number of anilines is 1. The second-order valence-corrected chi connectivity index (χ2v) is 4.61. The first-order valence-corrected chi connectivity index (χ1v) is 5.96. The zero-order valence-electron chi connectivity index (χ0n) is 10.1. The summed E-state index contributed by atoms with van der Waals surface area (Å²) in [5.41, 5.74) is 6.54. The number of carbonyl (C=O) groups excluding carboxylic acids is 1. The molecular weight excluding hydrogens is 255 g/mol. The average Bonchev–Trinajstić information content (AvgIpc) is 2.68. The van der Waals surface area contributed by atoms with Crippen molar-refractivity contribution in [3.05, 3.63) is 30.1 Å². The molecule has 1 saturated carbocycles. The molecular formula is C13H18ClFN2O. The van der Waals surface area contributed by atoms with Crippen LogP contribution in [0.3, 0.4) is 0 Å². The number of nitrogens with two attached hydrogens (primary N) is 1. The van der Waals surface area contributed by atoms with Gasteiger partial charge in [0.2, 0.25) is 5.91 Å². The van der Waals surface area contributed by atoms with E-state index in [1.54, 1.807) is 12.1 Å². The van der Waals surface area contributed by atoms with Crippen LogP contribution >= 0.6 is 12.4 Å². The van der Waals surface area contributed by atoms with Crippen LogP contribution in [0.1, 0.15) is 25.7 Å². The highest BCUT2D eigenvalue weighted by Crippen LogP contribution is 2.27. The predicted molar refractivity (Wildman–Crippen MR) is 72.2 cm³/mol. The first-order valence-electron chi connectivity index (χ1n) is 5.96. The maximum atomic E-state index is 12.7. The fourth-order valence-corrected chi connectivity index (χ4v) is 2.30. The van der Waals surface area contributed by atoms with Crippen molar-refractivity contribution in [3.8, 4) is 0 Å². The van der Waals surface area contributed by atoms with E-state index in [0.717, 1.165) is 19.3 Å². The molecule has 1 aliphatic carbocycles. The normalized spacial score (nSPS) is 22.3. The Morgan fingerprint density at radius 1 is 1.33 bits per heavy atom. The summed E-state index contributed by atoms with van der Waals surface area (Å²) in [7, 11) is 0. The van der Waals surface area contributed by atoms with E-state index in [1.165, 1.54) is 12.1 Å². The number of carbonyl (C=O) groups is 1. The zero-order valence-corrected chi connectivity index (χ0v) is 10.9. The highest BCUT2D eigenvalue weighted by molar-refractivity contribution is 5.90. The van der Waals surface area contributed by atoms with Gasteiger partial charge in [0, 0.05) is 18.2 Å². The van der Waals surface area contributed by atoms with Crippen molar-refractivity contribution >= 4 is 24.0 Å². The zero-order chi connectivity index (χ0) is 12.3. The fourth-order valence-electron chi connectivity index (χ4n) is 2.30. The molecule has 1 aromatic rings. The Hall–Kier alpha value is -1.13. The lowest BCUT2D eigenvalue weighted by Gasteiger charge is -2.14. The van der Waals surface area contributed by atoms with Crippen LogP contribution in [0, 0.1) is 11.7 Å². The molecule has 18 heavy (non-hydrogen) atoms. The molecule has 100 valence electrons. The monoisotopic (exact) mass is 272 g/mol. The van der Waals surface area contributed by atoms with Gasteiger partial charge < -0.3 is 11.1 Å². The third-order valence-corrected chi connectivity index (χ3v) is 3.29. The third-order valence-electron chi connectivity index (χ3n) is 3.29. The molecule has 0 unspecified atom stereocenters. The summed E-state index contributed by atoms with van der Waals surface area (Å²) >= 11 is 0. The van der Waals surface area contributed by atoms with Crippen molar-refractivity contribution in [2.45, 2.75) is 31.7 Å². The number of amides is 1. The number of hydrogen-bond acceptors (Lipinski definition) is 2. The van der Waals surface area contributed by atoms with Crippen molar-refractivity contribution in [3.63, 3.8) is 0 Å². The molecule has 0 radical (unpaired) electrons. The molecule has 0 saturated heterocycles. The highest BCUT2D eigenvalue weighted by atomic mass is 35.5. The summed E-state index contributed by atoms with van der Waals surface area (Å²) in [6.07, 6.45) is 3.60. The van der Waals surface area contributed by atoms with Crippen LogP contribution in [0.5, 0.6) is 0 Å². The van der Waals surface area contributed by atoms with Crippen LogP contribution in [-0.4, -0.2) is 11.9 Å². The lowest BCUT2D eigenvalue weighted by atomic mass is 10.00. The van der Waals surface area contributed by atoms with Gasteiger partial charge in [0.15, 0.2) is 0 Å². The van der Waals surface area contributed by atoms with Crippen molar-refractivity contribution < 1.29 is 9.18 Å². The Morgan fingerprint density at radius 2 is 2.00 bits per heavy atom. The topological polar surface area (TPSA) is 55.1 Å². The number of benzene rings is 1. The van der Waals surface area contributed by atoms with E-state index in [4.69, 9.17) is 5.73 Å². The Bertz CT molecular complexity index is 396. The van der Waals surface area contributed by atoms with Gasteiger partial charge >= 0.3 is 0 Å². The SMILES string of the molecule is Cl.N[C@@H]1CCC[C@H]1CC(=O)Nc1ccc(F)cc1. The van der Waals surface area contributed by atoms with Crippen molar-refractivity contribution in [2.24, 2.45) is 11.7 Å². The lowest BCUT2D eigenvalue weighted by molar-refractivity contribution is -0.117. The summed E-state index contributed by atoms with van der Waals surface area (Å²) in [4.78, 5) is 11.7. The van der Waals surface area contributed by atoms with Crippen LogP contribution in [0.2, 0.25) is 0 Å². The standard InChI is InChI=1S/C13H17FN2O.ClH/c14-10-4-6-11(7-5-10)16-13(17)8-9-2-1-3-12(9)15;/h4-7,9,12H,1-3,8,15H2,(H,16,17);1H/t9-,12+;/m0./s1. The van der Waals surface area contributed by atoms with E-state index in [2.05, 4.69) is 5.32 Å². The largest absolute Gasteiger partial charge is 0.327 e. The van der Waals surface area contributed by atoms with E-state index in [1.807, 2.05) is 0 Å². The molecule has 0 aliphatic heterocycles. The summed E-state index contributed by atoms with van der Waals surface area (Å²) < 4.78 is 12.7. The van der Waals surface area contributed by atoms with Gasteiger partial charge in [-0.05, 0) is 43.0 Å². The molecule has 0 spiro atoms. The highest BCUT2D eigenvalue weighted by Gasteiger charge is 2.25. The summed E-state index contributed by atoms with van der Waals surface area (Å²) in [5.74, 6) is -0.0600. The van der Waals surface area contributed by atoms with Crippen LogP contribution in [0.4, 0.5) is 10.1 Å². The summed E-state index contributed by atoms with van der Waals surface area (Å²) in [5, 5.41) is 2.76. The Morgan fingerprint density at radius 3 is 2.56 bits per heavy atom. The molecule has 2 atom stereocenters. The average molecular weight is 273 g/mol. The number of rotatable bonds is 3. The van der Waals surface area contributed by atoms with Crippen molar-refractivity contribution in [1.29, 1.82) is 0 Å². The van der Waals surface area contributed by atoms with E-state index in [0.29, 0.717) is 12.1 Å². The molecule has 0 heterocycles. The minimum Gasteiger partial charge on any atom is -0.327 e. The molecule has 2 rings (SSSR count). The second kappa shape index (κ2) is 6.71. The van der Waals surface area contributed by atoms with Crippen LogP contribution in [0.15, 0.2) is 24.3 Å². The lowest BCUT2D eigenvalue weighted by Crippen LogP contribution is -2.28. The van der Waals surface area contributed by atoms with Crippen LogP contribution in [0.25, 0.3) is 0 Å². The van der Waals surface area contributed by atoms with Gasteiger partial charge in [-0.1, -0.05) is 6.42 Å². The van der Waals surface area contributed by atoms with Gasteiger partial charge in [-0.25, -0.2) is 4.39 Å². The Labute approximate surface area is 112 Å². The van der Waals surface area contributed by atoms with Gasteiger partial charge in [-0.15, -0.1) is 12.4 Å². The van der Waals surface area contributed by atoms with Gasteiger partial charge in [0.1, 0.15) is 5.82 Å². The molecule has 5 heteroatoms. The molecule has 1 amide bonds. The quantitative estimate of drug-likeness (QED) is 0.889. The Balaban J connectivity index is 0.00000162. The van der Waals surface area contributed by atoms with E-state index >= 15 is 0 Å². The van der Waals surface area contributed by atoms with E-state index < -0.39 is 0 Å². The molecule has 1 aliphatic rings.